The first-order chi connectivity index (χ1) is 13.6. The zero-order valence-electron chi connectivity index (χ0n) is 16.7. The van der Waals surface area contributed by atoms with E-state index < -0.39 is 0 Å². The SMILES string of the molecule is CCN(CC)CCN(C(=O)c1ccccc1Br)c1nc2ccc(OC)cc2s1.Cl. The number of amides is 1. The van der Waals surface area contributed by atoms with Crippen molar-refractivity contribution in [1.29, 1.82) is 0 Å². The van der Waals surface area contributed by atoms with Crippen molar-refractivity contribution in [2.24, 2.45) is 0 Å². The molecule has 0 aliphatic heterocycles. The van der Waals surface area contributed by atoms with Gasteiger partial charge in [0.25, 0.3) is 5.91 Å². The third kappa shape index (κ3) is 5.48. The molecule has 5 nitrogen and oxygen atoms in total. The molecule has 0 aliphatic carbocycles. The van der Waals surface area contributed by atoms with Crippen LogP contribution < -0.4 is 9.64 Å². The van der Waals surface area contributed by atoms with Crippen LogP contribution in [0.1, 0.15) is 24.2 Å². The van der Waals surface area contributed by atoms with Crippen LogP contribution in [-0.2, 0) is 0 Å². The molecule has 3 aromatic rings. The predicted octanol–water partition coefficient (Wildman–Crippen LogP) is 5.48. The summed E-state index contributed by atoms with van der Waals surface area (Å²) >= 11 is 5.02. The maximum Gasteiger partial charge on any atom is 0.261 e. The van der Waals surface area contributed by atoms with Crippen LogP contribution in [0.25, 0.3) is 10.2 Å². The number of anilines is 1. The minimum atomic E-state index is -0.0503. The molecule has 0 unspecified atom stereocenters. The quantitative estimate of drug-likeness (QED) is 0.413. The Bertz CT molecular complexity index is 962. The average Bonchev–Trinajstić information content (AvgIpc) is 3.14. The molecule has 1 amide bonds. The van der Waals surface area contributed by atoms with Crippen molar-refractivity contribution in [2.45, 2.75) is 13.8 Å². The second-order valence-electron chi connectivity index (χ2n) is 6.29. The van der Waals surface area contributed by atoms with Gasteiger partial charge >= 0.3 is 0 Å². The molecule has 0 atom stereocenters. The highest BCUT2D eigenvalue weighted by molar-refractivity contribution is 9.10. The number of benzene rings is 2. The smallest absolute Gasteiger partial charge is 0.261 e. The highest BCUT2D eigenvalue weighted by Gasteiger charge is 2.23. The fourth-order valence-corrected chi connectivity index (χ4v) is 4.45. The molecular formula is C21H25BrClN3O2S. The van der Waals surface area contributed by atoms with Gasteiger partial charge in [0, 0.05) is 17.6 Å². The number of carbonyl (C=O) groups excluding carboxylic acids is 1. The van der Waals surface area contributed by atoms with E-state index in [0.717, 1.165) is 40.1 Å². The van der Waals surface area contributed by atoms with Crippen LogP contribution in [0.15, 0.2) is 46.9 Å². The highest BCUT2D eigenvalue weighted by Crippen LogP contribution is 2.32. The van der Waals surface area contributed by atoms with E-state index in [1.54, 1.807) is 12.0 Å². The summed E-state index contributed by atoms with van der Waals surface area (Å²) in [6.45, 7) is 7.54. The molecular weight excluding hydrogens is 474 g/mol. The third-order valence-electron chi connectivity index (χ3n) is 4.70. The maximum atomic E-state index is 13.4. The lowest BCUT2D eigenvalue weighted by Crippen LogP contribution is -2.39. The van der Waals surface area contributed by atoms with Gasteiger partial charge in [0.2, 0.25) is 0 Å². The van der Waals surface area contributed by atoms with Crippen LogP contribution in [0.4, 0.5) is 5.13 Å². The molecule has 1 heterocycles. The molecule has 0 bridgehead atoms. The van der Waals surface area contributed by atoms with E-state index in [0.29, 0.717) is 17.2 Å². The Morgan fingerprint density at radius 3 is 2.52 bits per heavy atom. The van der Waals surface area contributed by atoms with Gasteiger partial charge in [0.1, 0.15) is 5.75 Å². The maximum absolute atomic E-state index is 13.4. The second kappa shape index (κ2) is 10.9. The Hall–Kier alpha value is -1.67. The largest absolute Gasteiger partial charge is 0.497 e. The molecule has 0 saturated heterocycles. The molecule has 0 radical (unpaired) electrons. The molecule has 0 saturated carbocycles. The van der Waals surface area contributed by atoms with Crippen molar-refractivity contribution in [3.63, 3.8) is 0 Å². The zero-order valence-corrected chi connectivity index (χ0v) is 19.9. The number of fused-ring (bicyclic) bond motifs is 1. The van der Waals surface area contributed by atoms with Gasteiger partial charge in [-0.1, -0.05) is 37.3 Å². The Kier molecular flexibility index (Phi) is 8.89. The third-order valence-corrected chi connectivity index (χ3v) is 6.43. The van der Waals surface area contributed by atoms with Gasteiger partial charge in [0.15, 0.2) is 5.13 Å². The summed E-state index contributed by atoms with van der Waals surface area (Å²) in [7, 11) is 1.65. The molecule has 1 aromatic heterocycles. The number of carbonyl (C=O) groups is 1. The van der Waals surface area contributed by atoms with Crippen molar-refractivity contribution >= 4 is 60.9 Å². The number of hydrogen-bond acceptors (Lipinski definition) is 5. The average molecular weight is 499 g/mol. The molecule has 0 aliphatic rings. The van der Waals surface area contributed by atoms with E-state index in [-0.39, 0.29) is 18.3 Å². The minimum Gasteiger partial charge on any atom is -0.497 e. The van der Waals surface area contributed by atoms with Gasteiger partial charge < -0.3 is 9.64 Å². The lowest BCUT2D eigenvalue weighted by molar-refractivity contribution is 0.0983. The second-order valence-corrected chi connectivity index (χ2v) is 8.16. The fourth-order valence-electron chi connectivity index (χ4n) is 2.98. The van der Waals surface area contributed by atoms with Crippen LogP contribution in [-0.4, -0.2) is 49.1 Å². The van der Waals surface area contributed by atoms with Crippen LogP contribution in [0.3, 0.4) is 0 Å². The summed E-state index contributed by atoms with van der Waals surface area (Å²) < 4.78 is 7.11. The summed E-state index contributed by atoms with van der Waals surface area (Å²) in [5.41, 5.74) is 1.51. The first kappa shape index (κ1) is 23.6. The van der Waals surface area contributed by atoms with Crippen molar-refractivity contribution < 1.29 is 9.53 Å². The molecule has 0 N–H and O–H groups in total. The summed E-state index contributed by atoms with van der Waals surface area (Å²) in [4.78, 5) is 22.2. The summed E-state index contributed by atoms with van der Waals surface area (Å²) in [6.07, 6.45) is 0. The lowest BCUT2D eigenvalue weighted by atomic mass is 10.2. The van der Waals surface area contributed by atoms with Crippen LogP contribution >= 0.6 is 39.7 Å². The lowest BCUT2D eigenvalue weighted by Gasteiger charge is -2.25. The Morgan fingerprint density at radius 1 is 1.14 bits per heavy atom. The number of likely N-dealkylation sites (N-methyl/N-ethyl adjacent to an activating group) is 1. The Morgan fingerprint density at radius 2 is 1.86 bits per heavy atom. The van der Waals surface area contributed by atoms with E-state index in [9.17, 15) is 4.79 Å². The molecule has 2 aromatic carbocycles. The molecule has 156 valence electrons. The van der Waals surface area contributed by atoms with Gasteiger partial charge in [0.05, 0.1) is 22.9 Å². The van der Waals surface area contributed by atoms with E-state index >= 15 is 0 Å². The number of halogens is 2. The molecule has 3 rings (SSSR count). The molecule has 0 fully saturated rings. The highest BCUT2D eigenvalue weighted by atomic mass is 79.9. The van der Waals surface area contributed by atoms with Crippen molar-refractivity contribution in [1.82, 2.24) is 9.88 Å². The first-order valence-electron chi connectivity index (χ1n) is 9.30. The fraction of sp³-hybridized carbons (Fsp3) is 0.333. The van der Waals surface area contributed by atoms with Gasteiger partial charge in [-0.25, -0.2) is 4.98 Å². The van der Waals surface area contributed by atoms with Gasteiger partial charge in [-0.3, -0.25) is 9.69 Å². The van der Waals surface area contributed by atoms with Crippen LogP contribution in [0.5, 0.6) is 5.75 Å². The van der Waals surface area contributed by atoms with Crippen molar-refractivity contribution in [3.05, 3.63) is 52.5 Å². The van der Waals surface area contributed by atoms with Gasteiger partial charge in [-0.15, -0.1) is 12.4 Å². The van der Waals surface area contributed by atoms with Crippen molar-refractivity contribution in [2.75, 3.05) is 38.2 Å². The molecule has 0 spiro atoms. The Labute approximate surface area is 190 Å². The number of thiazole rings is 1. The van der Waals surface area contributed by atoms with Crippen molar-refractivity contribution in [3.8, 4) is 5.75 Å². The number of hydrogen-bond donors (Lipinski definition) is 0. The normalized spacial score (nSPS) is 10.8. The molecule has 8 heteroatoms. The van der Waals surface area contributed by atoms with E-state index in [1.807, 2.05) is 42.5 Å². The van der Waals surface area contributed by atoms with Crippen LogP contribution in [0, 0.1) is 0 Å². The van der Waals surface area contributed by atoms with Gasteiger partial charge in [-0.05, 0) is 59.4 Å². The standard InChI is InChI=1S/C21H24BrN3O2S.ClH/c1-4-24(5-2)12-13-25(20(26)16-8-6-7-9-17(16)22)21-23-18-11-10-15(27-3)14-19(18)28-21;/h6-11,14H,4-5,12-13H2,1-3H3;1H. The predicted molar refractivity (Wildman–Crippen MR) is 127 cm³/mol. The molecule has 29 heavy (non-hydrogen) atoms. The topological polar surface area (TPSA) is 45.7 Å². The van der Waals surface area contributed by atoms with E-state index in [2.05, 4.69) is 34.7 Å². The van der Waals surface area contributed by atoms with E-state index in [4.69, 9.17) is 9.72 Å². The number of ether oxygens (including phenoxy) is 1. The van der Waals surface area contributed by atoms with E-state index in [1.165, 1.54) is 11.3 Å². The number of aromatic nitrogens is 1. The monoisotopic (exact) mass is 497 g/mol. The summed E-state index contributed by atoms with van der Waals surface area (Å²) in [5, 5.41) is 0.705. The van der Waals surface area contributed by atoms with Gasteiger partial charge in [-0.2, -0.15) is 0 Å². The number of methoxy groups -OCH3 is 1. The zero-order chi connectivity index (χ0) is 20.1. The number of nitrogens with zero attached hydrogens (tertiary/aromatic N) is 3. The Balaban J connectivity index is 0.00000300. The van der Waals surface area contributed by atoms with Crippen LogP contribution in [0.2, 0.25) is 0 Å². The first-order valence-corrected chi connectivity index (χ1v) is 10.9. The summed E-state index contributed by atoms with van der Waals surface area (Å²) in [5.74, 6) is 0.736. The number of rotatable bonds is 8. The minimum absolute atomic E-state index is 0. The summed E-state index contributed by atoms with van der Waals surface area (Å²) in [6, 6.07) is 13.3.